The van der Waals surface area contributed by atoms with Gasteiger partial charge in [0.15, 0.2) is 0 Å². The van der Waals surface area contributed by atoms with E-state index in [4.69, 9.17) is 9.47 Å². The second kappa shape index (κ2) is 9.53. The van der Waals surface area contributed by atoms with E-state index in [2.05, 4.69) is 22.5 Å². The summed E-state index contributed by atoms with van der Waals surface area (Å²) in [6.45, 7) is 5.47. The molecule has 0 aliphatic carbocycles. The Morgan fingerprint density at radius 3 is 2.53 bits per heavy atom. The van der Waals surface area contributed by atoms with Gasteiger partial charge in [-0.05, 0) is 25.8 Å². The van der Waals surface area contributed by atoms with Crippen LogP contribution in [0.25, 0.3) is 10.6 Å². The van der Waals surface area contributed by atoms with E-state index in [1.165, 1.54) is 16.9 Å². The number of benzene rings is 1. The zero-order chi connectivity index (χ0) is 21.7. The predicted octanol–water partition coefficient (Wildman–Crippen LogP) is 2.97. The molecule has 2 heterocycles. The van der Waals surface area contributed by atoms with Crippen LogP contribution in [-0.4, -0.2) is 42.7 Å². The number of ether oxygens (including phenoxy) is 2. The van der Waals surface area contributed by atoms with Crippen molar-refractivity contribution in [2.75, 3.05) is 19.8 Å². The highest BCUT2D eigenvalue weighted by Gasteiger charge is 2.25. The molecule has 8 nitrogen and oxygen atoms in total. The lowest BCUT2D eigenvalue weighted by atomic mass is 10.1. The molecular formula is C21H23N3O5S. The van der Waals surface area contributed by atoms with E-state index in [0.717, 1.165) is 17.0 Å². The number of aromatic nitrogens is 1. The highest BCUT2D eigenvalue weighted by atomic mass is 32.1. The molecule has 0 radical (unpaired) electrons. The van der Waals surface area contributed by atoms with Gasteiger partial charge < -0.3 is 20.1 Å². The maximum Gasteiger partial charge on any atom is 0.350 e. The maximum atomic E-state index is 12.6. The minimum absolute atomic E-state index is 0.00897. The lowest BCUT2D eigenvalue weighted by Crippen LogP contribution is -2.45. The third-order valence-corrected chi connectivity index (χ3v) is 5.70. The summed E-state index contributed by atoms with van der Waals surface area (Å²) in [6.07, 6.45) is 0.949. The van der Waals surface area contributed by atoms with Crippen molar-refractivity contribution < 1.29 is 23.9 Å². The van der Waals surface area contributed by atoms with Crippen LogP contribution in [-0.2, 0) is 20.7 Å². The quantitative estimate of drug-likeness (QED) is 0.656. The van der Waals surface area contributed by atoms with Gasteiger partial charge in [-0.15, -0.1) is 11.3 Å². The molecule has 0 spiro atoms. The fourth-order valence-electron chi connectivity index (χ4n) is 2.86. The number of amides is 2. The number of hydrogen-bond acceptors (Lipinski definition) is 7. The zero-order valence-corrected chi connectivity index (χ0v) is 17.9. The van der Waals surface area contributed by atoms with Gasteiger partial charge in [0.25, 0.3) is 0 Å². The van der Waals surface area contributed by atoms with Crippen LogP contribution >= 0.6 is 11.3 Å². The summed E-state index contributed by atoms with van der Waals surface area (Å²) in [5.41, 5.74) is 3.15. The molecule has 9 heteroatoms. The molecule has 0 unspecified atom stereocenters. The number of nitrogens with zero attached hydrogens (tertiary/aromatic N) is 1. The number of carbonyl (C=O) groups excluding carboxylic acids is 3. The van der Waals surface area contributed by atoms with E-state index in [9.17, 15) is 14.4 Å². The van der Waals surface area contributed by atoms with Gasteiger partial charge in [-0.1, -0.05) is 31.2 Å². The average molecular weight is 429 g/mol. The zero-order valence-electron chi connectivity index (χ0n) is 17.0. The number of thiazole rings is 1. The molecule has 158 valence electrons. The van der Waals surface area contributed by atoms with Gasteiger partial charge in [-0.2, -0.15) is 0 Å². The molecule has 0 saturated carbocycles. The Balaban J connectivity index is 1.74. The van der Waals surface area contributed by atoms with E-state index >= 15 is 0 Å². The van der Waals surface area contributed by atoms with Crippen molar-refractivity contribution in [1.82, 2.24) is 15.6 Å². The van der Waals surface area contributed by atoms with Gasteiger partial charge in [0.1, 0.15) is 16.5 Å². The highest BCUT2D eigenvalue weighted by molar-refractivity contribution is 7.17. The van der Waals surface area contributed by atoms with Crippen LogP contribution in [0.3, 0.4) is 0 Å². The number of carbonyl (C=O) groups is 3. The van der Waals surface area contributed by atoms with Crippen LogP contribution in [0.4, 0.5) is 4.79 Å². The van der Waals surface area contributed by atoms with E-state index in [-0.39, 0.29) is 31.0 Å². The molecule has 3 rings (SSSR count). The normalized spacial score (nSPS) is 13.5. The van der Waals surface area contributed by atoms with Gasteiger partial charge >= 0.3 is 18.0 Å². The standard InChI is InChI=1S/C21H23N3O5S/c1-4-13-6-8-14(9-7-13)18-23-12(3)17(30-18)20(26)29-11-16-15(19(25)28-5-2)10-22-21(27)24-16/h6-9H,4-5,10-11H2,1-3H3,(H2,22,24,27). The molecule has 2 amide bonds. The van der Waals surface area contributed by atoms with Crippen molar-refractivity contribution in [3.05, 3.63) is 51.7 Å². The molecule has 0 bridgehead atoms. The summed E-state index contributed by atoms with van der Waals surface area (Å²) in [5, 5.41) is 5.74. The molecule has 2 N–H and O–H groups in total. The van der Waals surface area contributed by atoms with Crippen molar-refractivity contribution in [3.63, 3.8) is 0 Å². The van der Waals surface area contributed by atoms with Crippen molar-refractivity contribution in [2.45, 2.75) is 27.2 Å². The summed E-state index contributed by atoms with van der Waals surface area (Å²) >= 11 is 1.24. The van der Waals surface area contributed by atoms with Crippen LogP contribution in [0.1, 0.15) is 34.8 Å². The Labute approximate surface area is 178 Å². The van der Waals surface area contributed by atoms with Crippen molar-refractivity contribution >= 4 is 29.3 Å². The highest BCUT2D eigenvalue weighted by Crippen LogP contribution is 2.29. The first-order valence-corrected chi connectivity index (χ1v) is 10.4. The van der Waals surface area contributed by atoms with Gasteiger partial charge in [-0.25, -0.2) is 19.4 Å². The molecule has 0 fully saturated rings. The number of hydrogen-bond donors (Lipinski definition) is 2. The lowest BCUT2D eigenvalue weighted by Gasteiger charge is -2.21. The number of urea groups is 1. The fourth-order valence-corrected chi connectivity index (χ4v) is 3.83. The third-order valence-electron chi connectivity index (χ3n) is 4.51. The second-order valence-corrected chi connectivity index (χ2v) is 7.54. The van der Waals surface area contributed by atoms with Crippen LogP contribution < -0.4 is 10.6 Å². The largest absolute Gasteiger partial charge is 0.463 e. The fraction of sp³-hybridized carbons (Fsp3) is 0.333. The first-order chi connectivity index (χ1) is 14.4. The van der Waals surface area contributed by atoms with Gasteiger partial charge in [0.05, 0.1) is 30.1 Å². The Hall–Kier alpha value is -3.20. The molecule has 1 aliphatic rings. The van der Waals surface area contributed by atoms with E-state index in [0.29, 0.717) is 10.6 Å². The minimum Gasteiger partial charge on any atom is -0.463 e. The Bertz CT molecular complexity index is 995. The first kappa shape index (κ1) is 21.5. The van der Waals surface area contributed by atoms with Crippen molar-refractivity contribution in [3.8, 4) is 10.6 Å². The Morgan fingerprint density at radius 2 is 1.87 bits per heavy atom. The van der Waals surface area contributed by atoms with Crippen LogP contribution in [0.15, 0.2) is 35.5 Å². The Morgan fingerprint density at radius 1 is 1.13 bits per heavy atom. The van der Waals surface area contributed by atoms with Crippen molar-refractivity contribution in [2.24, 2.45) is 0 Å². The van der Waals surface area contributed by atoms with Gasteiger partial charge in [0, 0.05) is 5.56 Å². The number of aryl methyl sites for hydroxylation is 2. The number of rotatable bonds is 7. The van der Waals surface area contributed by atoms with Gasteiger partial charge in [0.2, 0.25) is 0 Å². The molecule has 1 aromatic heterocycles. The number of nitrogens with one attached hydrogen (secondary N) is 2. The van der Waals surface area contributed by atoms with Crippen LogP contribution in [0.2, 0.25) is 0 Å². The number of esters is 2. The average Bonchev–Trinajstić information content (AvgIpc) is 3.14. The minimum atomic E-state index is -0.567. The van der Waals surface area contributed by atoms with E-state index in [1.807, 2.05) is 24.3 Å². The lowest BCUT2D eigenvalue weighted by molar-refractivity contribution is -0.138. The summed E-state index contributed by atoms with van der Waals surface area (Å²) in [7, 11) is 0. The summed E-state index contributed by atoms with van der Waals surface area (Å²) < 4.78 is 10.4. The molecule has 1 aromatic carbocycles. The maximum absolute atomic E-state index is 12.6. The van der Waals surface area contributed by atoms with E-state index < -0.39 is 18.0 Å². The predicted molar refractivity (Wildman–Crippen MR) is 112 cm³/mol. The first-order valence-electron chi connectivity index (χ1n) is 9.60. The van der Waals surface area contributed by atoms with Crippen molar-refractivity contribution in [1.29, 1.82) is 0 Å². The topological polar surface area (TPSA) is 107 Å². The second-order valence-electron chi connectivity index (χ2n) is 6.55. The third kappa shape index (κ3) is 4.85. The smallest absolute Gasteiger partial charge is 0.350 e. The van der Waals surface area contributed by atoms with Crippen LogP contribution in [0, 0.1) is 6.92 Å². The monoisotopic (exact) mass is 429 g/mol. The van der Waals surface area contributed by atoms with E-state index in [1.54, 1.807) is 13.8 Å². The van der Waals surface area contributed by atoms with Crippen LogP contribution in [0.5, 0.6) is 0 Å². The molecular weight excluding hydrogens is 406 g/mol. The molecule has 0 saturated heterocycles. The molecule has 2 aromatic rings. The molecule has 1 aliphatic heterocycles. The molecule has 0 atom stereocenters. The summed E-state index contributed by atoms with van der Waals surface area (Å²) in [6, 6.07) is 7.56. The summed E-state index contributed by atoms with van der Waals surface area (Å²) in [4.78, 5) is 41.2. The van der Waals surface area contributed by atoms with Gasteiger partial charge in [-0.3, -0.25) is 0 Å². The SMILES string of the molecule is CCOC(=O)C1=C(COC(=O)c2sc(-c3ccc(CC)cc3)nc2C)NC(=O)NC1. The molecule has 30 heavy (non-hydrogen) atoms. The summed E-state index contributed by atoms with van der Waals surface area (Å²) in [5.74, 6) is -1.13. The Kier molecular flexibility index (Phi) is 6.83.